The Hall–Kier alpha value is -2.88. The molecule has 4 aromatic rings. The van der Waals surface area contributed by atoms with Gasteiger partial charge in [0.25, 0.3) is 5.91 Å². The Labute approximate surface area is 270 Å². The van der Waals surface area contributed by atoms with Crippen LogP contribution in [0.25, 0.3) is 0 Å². The molecule has 0 radical (unpaired) electrons. The number of rotatable bonds is 8. The fraction of sp³-hybridized carbons (Fsp3) is 0.294. The topological polar surface area (TPSA) is 59.9 Å². The zero-order chi connectivity index (χ0) is 29.9. The van der Waals surface area contributed by atoms with Crippen LogP contribution in [-0.4, -0.2) is 19.2 Å². The van der Waals surface area contributed by atoms with Crippen molar-refractivity contribution in [3.05, 3.63) is 102 Å². The minimum absolute atomic E-state index is 0.145. The molecule has 1 aromatic heterocycles. The Bertz CT molecular complexity index is 1590. The first-order valence-electron chi connectivity index (χ1n) is 13.9. The van der Waals surface area contributed by atoms with Gasteiger partial charge in [0.15, 0.2) is 11.5 Å². The van der Waals surface area contributed by atoms with E-state index < -0.39 is 0 Å². The van der Waals surface area contributed by atoms with Crippen LogP contribution in [0, 0.1) is 14.9 Å². The first kappa shape index (κ1) is 30.6. The van der Waals surface area contributed by atoms with Crippen LogP contribution in [0.2, 0.25) is 5.02 Å². The molecule has 1 atom stereocenters. The van der Waals surface area contributed by atoms with Gasteiger partial charge >= 0.3 is 0 Å². The van der Waals surface area contributed by atoms with E-state index in [2.05, 4.69) is 48.7 Å². The Morgan fingerprint density at radius 1 is 1.14 bits per heavy atom. The predicted octanol–water partition coefficient (Wildman–Crippen LogP) is 9.75. The van der Waals surface area contributed by atoms with Gasteiger partial charge in [-0.3, -0.25) is 4.79 Å². The van der Waals surface area contributed by atoms with Gasteiger partial charge in [-0.2, -0.15) is 0 Å². The molecular weight excluding hydrogens is 679 g/mol. The van der Waals surface area contributed by atoms with Gasteiger partial charge in [0.2, 0.25) is 0 Å². The van der Waals surface area contributed by atoms with E-state index in [9.17, 15) is 4.79 Å². The predicted molar refractivity (Wildman–Crippen MR) is 182 cm³/mol. The maximum absolute atomic E-state index is 13.7. The molecule has 0 saturated carbocycles. The van der Waals surface area contributed by atoms with Gasteiger partial charge in [0.1, 0.15) is 11.6 Å². The summed E-state index contributed by atoms with van der Waals surface area (Å²) in [6, 6.07) is 21.2. The number of methoxy groups -OCH3 is 1. The number of ether oxygens (including phenoxy) is 2. The lowest BCUT2D eigenvalue weighted by Gasteiger charge is -2.33. The zero-order valence-electron chi connectivity index (χ0n) is 24.2. The molecule has 42 heavy (non-hydrogen) atoms. The average molecular weight is 713 g/mol. The lowest BCUT2D eigenvalue weighted by molar-refractivity contribution is 0.102. The molecule has 0 fully saturated rings. The molecule has 0 aliphatic heterocycles. The number of hydrogen-bond donors (Lipinski definition) is 1. The second-order valence-corrected chi connectivity index (χ2v) is 14.2. The van der Waals surface area contributed by atoms with E-state index in [1.165, 1.54) is 4.88 Å². The third-order valence-corrected chi connectivity index (χ3v) is 9.82. The van der Waals surface area contributed by atoms with Gasteiger partial charge in [-0.15, -0.1) is 11.3 Å². The maximum atomic E-state index is 13.7. The molecule has 1 N–H and O–H groups in total. The number of hydrogen-bond acceptors (Lipinski definition) is 5. The molecule has 8 heteroatoms. The van der Waals surface area contributed by atoms with E-state index >= 15 is 0 Å². The first-order chi connectivity index (χ1) is 20.1. The van der Waals surface area contributed by atoms with Gasteiger partial charge in [0.05, 0.1) is 16.2 Å². The van der Waals surface area contributed by atoms with Gasteiger partial charge in [-0.25, -0.2) is 4.99 Å². The Balaban J connectivity index is 1.45. The normalized spacial score (nSPS) is 15.0. The van der Waals surface area contributed by atoms with E-state index in [4.69, 9.17) is 26.1 Å². The number of anilines is 1. The number of halogens is 2. The first-order valence-corrected chi connectivity index (χ1v) is 16.2. The van der Waals surface area contributed by atoms with E-state index in [1.807, 2.05) is 60.8 Å². The quantitative estimate of drug-likeness (QED) is 0.146. The van der Waals surface area contributed by atoms with Crippen LogP contribution in [0.15, 0.2) is 71.7 Å². The fourth-order valence-corrected chi connectivity index (χ4v) is 7.36. The summed E-state index contributed by atoms with van der Waals surface area (Å²) in [5.74, 6) is 1.75. The molecule has 0 bridgehead atoms. The standard InChI is InChI=1S/C34H34ClIN2O3S/c1-34(2,3)23-10-15-26-29(18-23)42-33(30(26)32(39)38-25-13-11-24(35)12-14-25)37-19-22-16-27(36)31(28(17-22)40-4)41-20-21-8-6-5-7-9-21/h5-9,11-14,16-17,19,23H,10,15,18,20H2,1-4H3,(H,38,39)/t23-/m1/s1. The Kier molecular flexibility index (Phi) is 9.60. The average Bonchev–Trinajstić information content (AvgIpc) is 3.34. The molecule has 5 nitrogen and oxygen atoms in total. The highest BCUT2D eigenvalue weighted by atomic mass is 127. The maximum Gasteiger partial charge on any atom is 0.259 e. The molecular formula is C34H34ClIN2O3S. The lowest BCUT2D eigenvalue weighted by atomic mass is 9.72. The summed E-state index contributed by atoms with van der Waals surface area (Å²) < 4.78 is 12.7. The number of carbonyl (C=O) groups is 1. The minimum atomic E-state index is -0.145. The van der Waals surface area contributed by atoms with Crippen LogP contribution in [-0.2, 0) is 19.4 Å². The van der Waals surface area contributed by atoms with Gasteiger partial charge in [-0.05, 0) is 106 Å². The summed E-state index contributed by atoms with van der Waals surface area (Å²) >= 11 is 9.95. The van der Waals surface area contributed by atoms with Crippen molar-refractivity contribution in [3.8, 4) is 11.5 Å². The van der Waals surface area contributed by atoms with Crippen molar-refractivity contribution in [1.82, 2.24) is 0 Å². The number of benzene rings is 3. The van der Waals surface area contributed by atoms with Crippen LogP contribution >= 0.6 is 45.5 Å². The summed E-state index contributed by atoms with van der Waals surface area (Å²) in [4.78, 5) is 19.8. The van der Waals surface area contributed by atoms with Crippen LogP contribution in [0.5, 0.6) is 11.5 Å². The fourth-order valence-electron chi connectivity index (χ4n) is 5.18. The number of amides is 1. The third-order valence-electron chi connectivity index (χ3n) is 7.61. The zero-order valence-corrected chi connectivity index (χ0v) is 27.9. The number of carbonyl (C=O) groups excluding carboxylic acids is 1. The Morgan fingerprint density at radius 3 is 2.57 bits per heavy atom. The van der Waals surface area contributed by atoms with Crippen LogP contribution in [0.4, 0.5) is 10.7 Å². The highest BCUT2D eigenvalue weighted by molar-refractivity contribution is 14.1. The van der Waals surface area contributed by atoms with E-state index in [0.717, 1.165) is 44.5 Å². The summed E-state index contributed by atoms with van der Waals surface area (Å²) in [6.45, 7) is 7.34. The van der Waals surface area contributed by atoms with Gasteiger partial charge in [0, 0.05) is 21.8 Å². The SMILES string of the molecule is COc1cc(C=Nc2sc3c(c2C(=O)Nc2ccc(Cl)cc2)CC[C@@H](C(C)(C)C)C3)cc(I)c1OCc1ccccc1. The van der Waals surface area contributed by atoms with Crippen molar-refractivity contribution >= 4 is 68.3 Å². The minimum Gasteiger partial charge on any atom is -0.493 e. The number of fused-ring (bicyclic) bond motifs is 1. The number of nitrogens with one attached hydrogen (secondary N) is 1. The molecule has 0 spiro atoms. The monoisotopic (exact) mass is 712 g/mol. The summed E-state index contributed by atoms with van der Waals surface area (Å²) in [5.41, 5.74) is 4.64. The van der Waals surface area contributed by atoms with E-state index in [0.29, 0.717) is 40.3 Å². The van der Waals surface area contributed by atoms with Crippen molar-refractivity contribution in [3.63, 3.8) is 0 Å². The summed E-state index contributed by atoms with van der Waals surface area (Å²) in [5, 5.41) is 4.41. The highest BCUT2D eigenvalue weighted by Crippen LogP contribution is 2.45. The lowest BCUT2D eigenvalue weighted by Crippen LogP contribution is -2.27. The second kappa shape index (κ2) is 13.2. The van der Waals surface area contributed by atoms with E-state index in [-0.39, 0.29) is 11.3 Å². The second-order valence-electron chi connectivity index (χ2n) is 11.5. The number of thiophene rings is 1. The van der Waals surface area contributed by atoms with Crippen molar-refractivity contribution in [1.29, 1.82) is 0 Å². The molecule has 1 heterocycles. The van der Waals surface area contributed by atoms with Crippen molar-refractivity contribution in [2.45, 2.75) is 46.6 Å². The highest BCUT2D eigenvalue weighted by Gasteiger charge is 2.33. The number of nitrogens with zero attached hydrogens (tertiary/aromatic N) is 1. The van der Waals surface area contributed by atoms with Crippen molar-refractivity contribution in [2.75, 3.05) is 12.4 Å². The smallest absolute Gasteiger partial charge is 0.259 e. The van der Waals surface area contributed by atoms with Crippen LogP contribution < -0.4 is 14.8 Å². The molecule has 1 aliphatic carbocycles. The molecule has 1 amide bonds. The van der Waals surface area contributed by atoms with Gasteiger partial charge < -0.3 is 14.8 Å². The van der Waals surface area contributed by atoms with Crippen molar-refractivity contribution < 1.29 is 14.3 Å². The van der Waals surface area contributed by atoms with Crippen molar-refractivity contribution in [2.24, 2.45) is 16.3 Å². The summed E-state index contributed by atoms with van der Waals surface area (Å²) in [7, 11) is 1.64. The molecule has 1 aliphatic rings. The van der Waals surface area contributed by atoms with E-state index in [1.54, 1.807) is 30.6 Å². The molecule has 3 aromatic carbocycles. The molecule has 0 unspecified atom stereocenters. The summed E-state index contributed by atoms with van der Waals surface area (Å²) in [6.07, 6.45) is 4.69. The largest absolute Gasteiger partial charge is 0.493 e. The molecule has 5 rings (SSSR count). The van der Waals surface area contributed by atoms with Gasteiger partial charge in [-0.1, -0.05) is 62.7 Å². The third kappa shape index (κ3) is 7.18. The Morgan fingerprint density at radius 2 is 1.88 bits per heavy atom. The molecule has 218 valence electrons. The number of aliphatic imine (C=N–C) groups is 1. The van der Waals surface area contributed by atoms with Crippen LogP contribution in [0.1, 0.15) is 59.1 Å². The molecule has 0 saturated heterocycles. The van der Waals surface area contributed by atoms with Crippen LogP contribution in [0.3, 0.4) is 0 Å².